The highest BCUT2D eigenvalue weighted by atomic mass is 16.1. The smallest absolute Gasteiger partial charge is 0.254 e. The summed E-state index contributed by atoms with van der Waals surface area (Å²) >= 11 is 0. The van der Waals surface area contributed by atoms with Crippen LogP contribution in [0.3, 0.4) is 0 Å². The number of rotatable bonds is 5. The molecular weight excluding hydrogens is 422 g/mol. The zero-order valence-electron chi connectivity index (χ0n) is 20.1. The maximum Gasteiger partial charge on any atom is 0.254 e. The number of fused-ring (bicyclic) bond motifs is 1. The van der Waals surface area contributed by atoms with Crippen LogP contribution in [-0.4, -0.2) is 44.5 Å². The molecule has 5 rings (SSSR count). The molecule has 6 nitrogen and oxygen atoms in total. The summed E-state index contributed by atoms with van der Waals surface area (Å²) in [5, 5.41) is 7.96. The number of aryl methyl sites for hydroxylation is 3. The highest BCUT2D eigenvalue weighted by molar-refractivity contribution is 5.95. The third-order valence-electron chi connectivity index (χ3n) is 6.78. The van der Waals surface area contributed by atoms with Crippen LogP contribution in [0.5, 0.6) is 0 Å². The van der Waals surface area contributed by atoms with Crippen LogP contribution < -0.4 is 5.32 Å². The van der Waals surface area contributed by atoms with Crippen LogP contribution in [0.2, 0.25) is 0 Å². The van der Waals surface area contributed by atoms with E-state index in [1.807, 2.05) is 30.5 Å². The van der Waals surface area contributed by atoms with Crippen molar-refractivity contribution >= 4 is 11.6 Å². The maximum absolute atomic E-state index is 13.2. The van der Waals surface area contributed by atoms with Gasteiger partial charge in [-0.25, -0.2) is 9.50 Å². The van der Waals surface area contributed by atoms with Gasteiger partial charge in [0.1, 0.15) is 0 Å². The fraction of sp³-hybridized carbons (Fsp3) is 0.321. The molecule has 0 spiro atoms. The minimum atomic E-state index is -0.0707. The number of likely N-dealkylation sites (tertiary alicyclic amines) is 1. The van der Waals surface area contributed by atoms with Crippen molar-refractivity contribution in [2.24, 2.45) is 0 Å². The Kier molecular flexibility index (Phi) is 6.16. The highest BCUT2D eigenvalue weighted by Crippen LogP contribution is 2.29. The molecule has 0 bridgehead atoms. The Hall–Kier alpha value is -3.51. The summed E-state index contributed by atoms with van der Waals surface area (Å²) < 4.78 is 1.81. The third kappa shape index (κ3) is 4.46. The van der Waals surface area contributed by atoms with E-state index in [1.54, 1.807) is 6.20 Å². The molecule has 174 valence electrons. The molecule has 1 amide bonds. The van der Waals surface area contributed by atoms with Gasteiger partial charge >= 0.3 is 0 Å². The van der Waals surface area contributed by atoms with Crippen molar-refractivity contribution in [3.63, 3.8) is 0 Å². The molecule has 6 heteroatoms. The number of carbonyl (C=O) groups is 1. The third-order valence-corrected chi connectivity index (χ3v) is 6.78. The van der Waals surface area contributed by atoms with Crippen LogP contribution in [-0.2, 0) is 6.54 Å². The second-order valence-corrected chi connectivity index (χ2v) is 9.33. The predicted molar refractivity (Wildman–Crippen MR) is 135 cm³/mol. The van der Waals surface area contributed by atoms with Gasteiger partial charge in [-0.3, -0.25) is 9.69 Å². The van der Waals surface area contributed by atoms with E-state index in [4.69, 9.17) is 5.10 Å². The summed E-state index contributed by atoms with van der Waals surface area (Å²) in [4.78, 5) is 20.3. The number of piperidine rings is 1. The molecule has 1 aliphatic rings. The molecule has 0 unspecified atom stereocenters. The Morgan fingerprint density at radius 3 is 2.53 bits per heavy atom. The van der Waals surface area contributed by atoms with Crippen molar-refractivity contribution < 1.29 is 4.79 Å². The van der Waals surface area contributed by atoms with E-state index >= 15 is 0 Å². The molecule has 2 aromatic heterocycles. The summed E-state index contributed by atoms with van der Waals surface area (Å²) in [5.41, 5.74) is 7.72. The van der Waals surface area contributed by atoms with Crippen molar-refractivity contribution in [3.05, 3.63) is 88.9 Å². The molecule has 0 atom stereocenters. The van der Waals surface area contributed by atoms with Crippen LogP contribution >= 0.6 is 0 Å². The summed E-state index contributed by atoms with van der Waals surface area (Å²) in [6, 6.07) is 19.1. The monoisotopic (exact) mass is 453 g/mol. The largest absolute Gasteiger partial charge is 0.349 e. The van der Waals surface area contributed by atoms with Gasteiger partial charge in [0, 0.05) is 37.4 Å². The van der Waals surface area contributed by atoms with Crippen LogP contribution in [0.25, 0.3) is 16.8 Å². The lowest BCUT2D eigenvalue weighted by molar-refractivity contribution is 0.0907. The quantitative estimate of drug-likeness (QED) is 0.475. The van der Waals surface area contributed by atoms with Gasteiger partial charge in [-0.05, 0) is 44.7 Å². The molecule has 0 radical (unpaired) electrons. The first-order valence-corrected chi connectivity index (χ1v) is 12.0. The summed E-state index contributed by atoms with van der Waals surface area (Å²) in [5.74, 6) is -0.0707. The normalized spacial score (nSPS) is 15.0. The topological polar surface area (TPSA) is 62.5 Å². The van der Waals surface area contributed by atoms with Crippen molar-refractivity contribution in [3.8, 4) is 11.1 Å². The number of amides is 1. The molecule has 4 aromatic rings. The van der Waals surface area contributed by atoms with Gasteiger partial charge in [0.15, 0.2) is 5.65 Å². The van der Waals surface area contributed by atoms with Gasteiger partial charge in [-0.1, -0.05) is 60.2 Å². The van der Waals surface area contributed by atoms with E-state index in [1.165, 1.54) is 11.1 Å². The summed E-state index contributed by atoms with van der Waals surface area (Å²) in [6.45, 7) is 8.94. The lowest BCUT2D eigenvalue weighted by Crippen LogP contribution is -2.44. The van der Waals surface area contributed by atoms with Gasteiger partial charge in [0.05, 0.1) is 17.0 Å². The molecule has 0 saturated carbocycles. The lowest BCUT2D eigenvalue weighted by Gasteiger charge is -2.32. The first-order chi connectivity index (χ1) is 16.5. The summed E-state index contributed by atoms with van der Waals surface area (Å²) in [6.07, 6.45) is 3.60. The van der Waals surface area contributed by atoms with Crippen LogP contribution in [0.4, 0.5) is 0 Å². The zero-order chi connectivity index (χ0) is 23.7. The van der Waals surface area contributed by atoms with Crippen LogP contribution in [0.1, 0.15) is 45.7 Å². The second kappa shape index (κ2) is 9.39. The molecule has 3 heterocycles. The Morgan fingerprint density at radius 1 is 1.03 bits per heavy atom. The number of benzene rings is 2. The van der Waals surface area contributed by atoms with E-state index in [9.17, 15) is 4.79 Å². The van der Waals surface area contributed by atoms with Crippen molar-refractivity contribution in [1.29, 1.82) is 0 Å². The molecular formula is C28H31N5O. The second-order valence-electron chi connectivity index (χ2n) is 9.33. The van der Waals surface area contributed by atoms with Gasteiger partial charge in [0.25, 0.3) is 5.91 Å². The van der Waals surface area contributed by atoms with Crippen molar-refractivity contribution in [2.45, 2.75) is 46.2 Å². The highest BCUT2D eigenvalue weighted by Gasteiger charge is 2.24. The minimum Gasteiger partial charge on any atom is -0.349 e. The van der Waals surface area contributed by atoms with E-state index < -0.39 is 0 Å². The maximum atomic E-state index is 13.2. The SMILES string of the molecule is Cc1cccc(-c2c(C)nn3c(C)c(C(=O)NC4CCN(Cc5ccccc5)CC4)cnc23)c1. The number of hydrogen-bond acceptors (Lipinski definition) is 4. The molecule has 1 N–H and O–H groups in total. The lowest BCUT2D eigenvalue weighted by atomic mass is 10.0. The predicted octanol–water partition coefficient (Wildman–Crippen LogP) is 4.72. The first-order valence-electron chi connectivity index (χ1n) is 12.0. The first kappa shape index (κ1) is 22.3. The fourth-order valence-corrected chi connectivity index (χ4v) is 4.90. The Morgan fingerprint density at radius 2 is 1.79 bits per heavy atom. The number of nitrogens with one attached hydrogen (secondary N) is 1. The minimum absolute atomic E-state index is 0.0707. The Balaban J connectivity index is 1.29. The number of hydrogen-bond donors (Lipinski definition) is 1. The molecule has 0 aliphatic carbocycles. The van der Waals surface area contributed by atoms with Crippen molar-refractivity contribution in [1.82, 2.24) is 24.8 Å². The molecule has 1 aliphatic heterocycles. The standard InChI is InChI=1S/C28H31N5O/c1-19-8-7-11-23(16-19)26-20(2)31-33-21(3)25(17-29-27(26)33)28(34)30-24-12-14-32(15-13-24)18-22-9-5-4-6-10-22/h4-11,16-17,24H,12-15,18H2,1-3H3,(H,30,34). The van der Waals surface area contributed by atoms with E-state index in [0.717, 1.165) is 60.6 Å². The van der Waals surface area contributed by atoms with Gasteiger partial charge in [0.2, 0.25) is 0 Å². The van der Waals surface area contributed by atoms with E-state index in [-0.39, 0.29) is 11.9 Å². The van der Waals surface area contributed by atoms with E-state index in [2.05, 4.69) is 64.6 Å². The molecule has 34 heavy (non-hydrogen) atoms. The van der Waals surface area contributed by atoms with Gasteiger partial charge in [-0.2, -0.15) is 5.10 Å². The summed E-state index contributed by atoms with van der Waals surface area (Å²) in [7, 11) is 0. The average molecular weight is 454 g/mol. The molecule has 2 aromatic carbocycles. The number of aromatic nitrogens is 3. The number of carbonyl (C=O) groups excluding carboxylic acids is 1. The Labute approximate surface area is 200 Å². The van der Waals surface area contributed by atoms with E-state index in [0.29, 0.717) is 5.56 Å². The van der Waals surface area contributed by atoms with Crippen LogP contribution in [0.15, 0.2) is 60.8 Å². The van der Waals surface area contributed by atoms with Crippen molar-refractivity contribution in [2.75, 3.05) is 13.1 Å². The average Bonchev–Trinajstić information content (AvgIpc) is 3.18. The van der Waals surface area contributed by atoms with Gasteiger partial charge in [-0.15, -0.1) is 0 Å². The van der Waals surface area contributed by atoms with Gasteiger partial charge < -0.3 is 5.32 Å². The molecule has 1 saturated heterocycles. The molecule has 1 fully saturated rings. The Bertz CT molecular complexity index is 1320. The van der Waals surface area contributed by atoms with Crippen LogP contribution in [0, 0.1) is 20.8 Å². The number of nitrogens with zero attached hydrogens (tertiary/aromatic N) is 4. The zero-order valence-corrected chi connectivity index (χ0v) is 20.1. The fourth-order valence-electron chi connectivity index (χ4n) is 4.90.